The van der Waals surface area contributed by atoms with Crippen LogP contribution >= 0.6 is 11.6 Å². The van der Waals surface area contributed by atoms with Crippen LogP contribution in [-0.2, 0) is 0 Å². The first-order valence-corrected chi connectivity index (χ1v) is 3.89. The maximum atomic E-state index is 12.9. The van der Waals surface area contributed by atoms with Crippen LogP contribution in [0.2, 0.25) is 5.02 Å². The second-order valence-electron chi connectivity index (χ2n) is 2.58. The van der Waals surface area contributed by atoms with E-state index in [1.54, 1.807) is 0 Å². The van der Waals surface area contributed by atoms with Gasteiger partial charge >= 0.3 is 6.36 Å². The largest absolute Gasteiger partial charge is 0.573 e. The number of rotatable bonds is 1. The van der Waals surface area contributed by atoms with E-state index in [4.69, 9.17) is 11.6 Å². The van der Waals surface area contributed by atoms with Crippen molar-refractivity contribution < 1.29 is 22.3 Å². The summed E-state index contributed by atoms with van der Waals surface area (Å²) in [6.45, 7) is 1.45. The van der Waals surface area contributed by atoms with Gasteiger partial charge in [0.1, 0.15) is 0 Å². The van der Waals surface area contributed by atoms with Crippen LogP contribution < -0.4 is 4.74 Å². The molecule has 1 aromatic rings. The average molecular weight is 229 g/mol. The van der Waals surface area contributed by atoms with Crippen LogP contribution in [0, 0.1) is 12.7 Å². The Balaban J connectivity index is 3.04. The molecule has 1 aromatic carbocycles. The highest BCUT2D eigenvalue weighted by Crippen LogP contribution is 2.29. The Morgan fingerprint density at radius 2 is 1.86 bits per heavy atom. The lowest BCUT2D eigenvalue weighted by Gasteiger charge is -2.10. The second-order valence-corrected chi connectivity index (χ2v) is 2.99. The van der Waals surface area contributed by atoms with Crippen LogP contribution in [0.1, 0.15) is 5.56 Å². The third-order valence-electron chi connectivity index (χ3n) is 1.44. The molecule has 0 saturated carbocycles. The Morgan fingerprint density at radius 3 is 2.36 bits per heavy atom. The SMILES string of the molecule is Cc1cc(OC(F)(F)F)c(F)cc1Cl. The van der Waals surface area contributed by atoms with Gasteiger partial charge in [-0.3, -0.25) is 0 Å². The highest BCUT2D eigenvalue weighted by atomic mass is 35.5. The fourth-order valence-electron chi connectivity index (χ4n) is 0.834. The molecule has 0 saturated heterocycles. The second kappa shape index (κ2) is 3.65. The third kappa shape index (κ3) is 2.77. The van der Waals surface area contributed by atoms with Crippen LogP contribution in [0.25, 0.3) is 0 Å². The lowest BCUT2D eigenvalue weighted by molar-refractivity contribution is -0.275. The molecular formula is C8H5ClF4O. The summed E-state index contributed by atoms with van der Waals surface area (Å²) < 4.78 is 51.5. The van der Waals surface area contributed by atoms with E-state index in [-0.39, 0.29) is 5.02 Å². The Bertz CT molecular complexity index is 348. The monoisotopic (exact) mass is 228 g/mol. The summed E-state index contributed by atoms with van der Waals surface area (Å²) >= 11 is 5.48. The van der Waals surface area contributed by atoms with Gasteiger partial charge in [0, 0.05) is 5.02 Å². The summed E-state index contributed by atoms with van der Waals surface area (Å²) in [5.74, 6) is -2.02. The minimum atomic E-state index is -4.90. The van der Waals surface area contributed by atoms with Crippen LogP contribution in [-0.4, -0.2) is 6.36 Å². The van der Waals surface area contributed by atoms with Crippen molar-refractivity contribution in [1.29, 1.82) is 0 Å². The Labute approximate surface area is 82.2 Å². The van der Waals surface area contributed by atoms with Crippen molar-refractivity contribution in [3.05, 3.63) is 28.5 Å². The van der Waals surface area contributed by atoms with Crippen LogP contribution in [0.3, 0.4) is 0 Å². The minimum absolute atomic E-state index is 0.0528. The molecule has 0 aliphatic heterocycles. The van der Waals surface area contributed by atoms with Crippen molar-refractivity contribution in [3.63, 3.8) is 0 Å². The number of hydrogen-bond acceptors (Lipinski definition) is 1. The zero-order chi connectivity index (χ0) is 10.9. The van der Waals surface area contributed by atoms with Gasteiger partial charge in [0.25, 0.3) is 0 Å². The Hall–Kier alpha value is -0.970. The van der Waals surface area contributed by atoms with E-state index in [9.17, 15) is 17.6 Å². The normalized spacial score (nSPS) is 11.6. The standard InChI is InChI=1S/C8H5ClF4O/c1-4-2-7(14-8(11,12)13)6(10)3-5(4)9/h2-3H,1H3. The van der Waals surface area contributed by atoms with Crippen molar-refractivity contribution in [2.75, 3.05) is 0 Å². The van der Waals surface area contributed by atoms with E-state index in [1.165, 1.54) is 6.92 Å². The minimum Gasteiger partial charge on any atom is -0.403 e. The average Bonchev–Trinajstić information content (AvgIpc) is 1.97. The van der Waals surface area contributed by atoms with Gasteiger partial charge in [-0.25, -0.2) is 4.39 Å². The topological polar surface area (TPSA) is 9.23 Å². The molecule has 0 bridgehead atoms. The molecule has 0 atom stereocenters. The number of hydrogen-bond donors (Lipinski definition) is 0. The van der Waals surface area contributed by atoms with Gasteiger partial charge in [0.05, 0.1) is 0 Å². The highest BCUT2D eigenvalue weighted by Gasteiger charge is 2.32. The Kier molecular flexibility index (Phi) is 2.89. The van der Waals surface area contributed by atoms with E-state index >= 15 is 0 Å². The Morgan fingerprint density at radius 1 is 1.29 bits per heavy atom. The maximum Gasteiger partial charge on any atom is 0.573 e. The third-order valence-corrected chi connectivity index (χ3v) is 1.85. The van der Waals surface area contributed by atoms with Gasteiger partial charge in [-0.15, -0.1) is 13.2 Å². The molecule has 0 aromatic heterocycles. The predicted molar refractivity (Wildman–Crippen MR) is 42.8 cm³/mol. The van der Waals surface area contributed by atoms with Crippen molar-refractivity contribution in [2.24, 2.45) is 0 Å². The zero-order valence-electron chi connectivity index (χ0n) is 6.95. The van der Waals surface area contributed by atoms with Crippen molar-refractivity contribution in [3.8, 4) is 5.75 Å². The molecule has 0 amide bonds. The molecule has 0 N–H and O–H groups in total. The number of aryl methyl sites for hydroxylation is 1. The molecule has 0 aliphatic carbocycles. The summed E-state index contributed by atoms with van der Waals surface area (Å²) in [4.78, 5) is 0. The van der Waals surface area contributed by atoms with Crippen molar-refractivity contribution >= 4 is 11.6 Å². The van der Waals surface area contributed by atoms with Gasteiger partial charge in [-0.05, 0) is 24.6 Å². The molecule has 0 heterocycles. The molecule has 14 heavy (non-hydrogen) atoms. The van der Waals surface area contributed by atoms with E-state index in [2.05, 4.69) is 4.74 Å². The summed E-state index contributed by atoms with van der Waals surface area (Å²) in [6.07, 6.45) is -4.90. The lowest BCUT2D eigenvalue weighted by atomic mass is 10.2. The van der Waals surface area contributed by atoms with Crippen LogP contribution in [0.4, 0.5) is 17.6 Å². The van der Waals surface area contributed by atoms with E-state index in [0.717, 1.165) is 12.1 Å². The van der Waals surface area contributed by atoms with E-state index < -0.39 is 17.9 Å². The van der Waals surface area contributed by atoms with Gasteiger partial charge in [0.15, 0.2) is 11.6 Å². The molecule has 1 rings (SSSR count). The summed E-state index contributed by atoms with van der Waals surface area (Å²) in [5.41, 5.74) is 0.312. The van der Waals surface area contributed by atoms with Gasteiger partial charge < -0.3 is 4.74 Å². The van der Waals surface area contributed by atoms with Gasteiger partial charge in [-0.1, -0.05) is 11.6 Å². The quantitative estimate of drug-likeness (QED) is 0.666. The number of halogens is 5. The summed E-state index contributed by atoms with van der Waals surface area (Å²) in [6, 6.07) is 1.67. The molecule has 1 nitrogen and oxygen atoms in total. The molecule has 78 valence electrons. The lowest BCUT2D eigenvalue weighted by Crippen LogP contribution is -2.18. The molecule has 0 fully saturated rings. The smallest absolute Gasteiger partial charge is 0.403 e. The predicted octanol–water partition coefficient (Wildman–Crippen LogP) is 3.69. The van der Waals surface area contributed by atoms with Crippen molar-refractivity contribution in [1.82, 2.24) is 0 Å². The fraction of sp³-hybridized carbons (Fsp3) is 0.250. The molecule has 0 unspecified atom stereocenters. The first-order valence-electron chi connectivity index (χ1n) is 3.51. The summed E-state index contributed by atoms with van der Waals surface area (Å²) in [7, 11) is 0. The zero-order valence-corrected chi connectivity index (χ0v) is 7.71. The first-order chi connectivity index (χ1) is 6.29. The molecule has 0 radical (unpaired) electrons. The molecule has 0 spiro atoms. The van der Waals surface area contributed by atoms with Gasteiger partial charge in [0.2, 0.25) is 0 Å². The fourth-order valence-corrected chi connectivity index (χ4v) is 0.984. The molecule has 0 aliphatic rings. The number of benzene rings is 1. The first kappa shape index (κ1) is 11.1. The van der Waals surface area contributed by atoms with Gasteiger partial charge in [-0.2, -0.15) is 0 Å². The highest BCUT2D eigenvalue weighted by molar-refractivity contribution is 6.31. The maximum absolute atomic E-state index is 12.9. The van der Waals surface area contributed by atoms with Crippen LogP contribution in [0.5, 0.6) is 5.75 Å². The van der Waals surface area contributed by atoms with E-state index in [0.29, 0.717) is 5.56 Å². The number of alkyl halides is 3. The van der Waals surface area contributed by atoms with E-state index in [1.807, 2.05) is 0 Å². The summed E-state index contributed by atoms with van der Waals surface area (Å²) in [5, 5.41) is 0.0528. The van der Waals surface area contributed by atoms with Crippen LogP contribution in [0.15, 0.2) is 12.1 Å². The molecular weight excluding hydrogens is 224 g/mol. The van der Waals surface area contributed by atoms with Crippen molar-refractivity contribution in [2.45, 2.75) is 13.3 Å². The number of ether oxygens (including phenoxy) is 1. The molecule has 6 heteroatoms.